The number of hydrogen-bond donors (Lipinski definition) is 0. The van der Waals surface area contributed by atoms with E-state index in [0.717, 1.165) is 53.7 Å². The molecule has 0 radical (unpaired) electrons. The van der Waals surface area contributed by atoms with Gasteiger partial charge >= 0.3 is 0 Å². The van der Waals surface area contributed by atoms with Crippen LogP contribution in [-0.2, 0) is 11.3 Å². The molecule has 2 fully saturated rings. The first-order chi connectivity index (χ1) is 10.6. The maximum atomic E-state index is 11.9. The molecule has 4 nitrogen and oxygen atoms in total. The Hall–Kier alpha value is -0.460. The van der Waals surface area contributed by atoms with Crippen LogP contribution in [0.15, 0.2) is 21.2 Å². The smallest absolute Gasteiger partial charge is 0.222 e. The Balaban J connectivity index is 1.68. The van der Waals surface area contributed by atoms with E-state index in [1.54, 1.807) is 0 Å². The summed E-state index contributed by atoms with van der Waals surface area (Å²) in [6, 6.07) is 2.51. The fourth-order valence-electron chi connectivity index (χ4n) is 3.38. The highest BCUT2D eigenvalue weighted by Crippen LogP contribution is 2.25. The molecule has 2 saturated heterocycles. The van der Waals surface area contributed by atoms with Crippen LogP contribution in [0, 0.1) is 0 Å². The highest BCUT2D eigenvalue weighted by Gasteiger charge is 2.29. The zero-order chi connectivity index (χ0) is 15.5. The summed E-state index contributed by atoms with van der Waals surface area (Å²) in [5.74, 6) is 0.327. The highest BCUT2D eigenvalue weighted by molar-refractivity contribution is 9.11. The summed E-state index contributed by atoms with van der Waals surface area (Å²) >= 11 is 7.06. The van der Waals surface area contributed by atoms with Gasteiger partial charge in [0.05, 0.1) is 5.69 Å². The van der Waals surface area contributed by atoms with Gasteiger partial charge in [0, 0.05) is 47.2 Å². The van der Waals surface area contributed by atoms with Gasteiger partial charge in [-0.3, -0.25) is 14.7 Å². The zero-order valence-electron chi connectivity index (χ0n) is 12.6. The molecule has 3 heterocycles. The standard InChI is InChI=1S/C16H21Br2N3O/c17-12-8-14(18)15(19-9-12)11-20-6-2-1-4-13(20)10-21-7-3-5-16(21)22/h8-9,13H,1-7,10-11H2/t13-/m1/s1. The van der Waals surface area contributed by atoms with Crippen LogP contribution >= 0.6 is 31.9 Å². The van der Waals surface area contributed by atoms with Crippen LogP contribution in [0.3, 0.4) is 0 Å². The molecule has 0 unspecified atom stereocenters. The summed E-state index contributed by atoms with van der Waals surface area (Å²) in [7, 11) is 0. The number of carbonyl (C=O) groups is 1. The van der Waals surface area contributed by atoms with Gasteiger partial charge in [0.15, 0.2) is 0 Å². The van der Waals surface area contributed by atoms with Gasteiger partial charge in [-0.2, -0.15) is 0 Å². The van der Waals surface area contributed by atoms with Crippen LogP contribution in [0.5, 0.6) is 0 Å². The second-order valence-corrected chi connectivity index (χ2v) is 7.92. The normalized spacial score (nSPS) is 23.3. The molecular formula is C16H21Br2N3O. The van der Waals surface area contributed by atoms with E-state index in [1.807, 2.05) is 17.2 Å². The van der Waals surface area contributed by atoms with Crippen LogP contribution in [0.25, 0.3) is 0 Å². The van der Waals surface area contributed by atoms with Crippen LogP contribution < -0.4 is 0 Å². The second kappa shape index (κ2) is 7.41. The monoisotopic (exact) mass is 429 g/mol. The van der Waals surface area contributed by atoms with E-state index in [4.69, 9.17) is 0 Å². The van der Waals surface area contributed by atoms with Crippen LogP contribution in [0.2, 0.25) is 0 Å². The molecule has 1 amide bonds. The summed E-state index contributed by atoms with van der Waals surface area (Å²) in [6.45, 7) is 3.76. The quantitative estimate of drug-likeness (QED) is 0.732. The topological polar surface area (TPSA) is 36.4 Å². The lowest BCUT2D eigenvalue weighted by molar-refractivity contribution is -0.128. The number of halogens is 2. The van der Waals surface area contributed by atoms with Gasteiger partial charge in [-0.15, -0.1) is 0 Å². The van der Waals surface area contributed by atoms with Gasteiger partial charge in [0.2, 0.25) is 5.91 Å². The largest absolute Gasteiger partial charge is 0.341 e. The molecule has 22 heavy (non-hydrogen) atoms. The first-order valence-electron chi connectivity index (χ1n) is 7.95. The van der Waals surface area contributed by atoms with Gasteiger partial charge in [-0.1, -0.05) is 6.42 Å². The number of rotatable bonds is 4. The van der Waals surface area contributed by atoms with E-state index in [2.05, 4.69) is 41.7 Å². The third-order valence-electron chi connectivity index (χ3n) is 4.59. The minimum atomic E-state index is 0.327. The maximum Gasteiger partial charge on any atom is 0.222 e. The predicted octanol–water partition coefficient (Wildman–Crippen LogP) is 3.58. The summed E-state index contributed by atoms with van der Waals surface area (Å²) in [4.78, 5) is 21.0. The minimum Gasteiger partial charge on any atom is -0.341 e. The third kappa shape index (κ3) is 3.89. The predicted molar refractivity (Wildman–Crippen MR) is 93.5 cm³/mol. The highest BCUT2D eigenvalue weighted by atomic mass is 79.9. The van der Waals surface area contributed by atoms with Crippen molar-refractivity contribution in [1.82, 2.24) is 14.8 Å². The lowest BCUT2D eigenvalue weighted by atomic mass is 10.0. The first-order valence-corrected chi connectivity index (χ1v) is 9.54. The van der Waals surface area contributed by atoms with Crippen molar-refractivity contribution in [3.63, 3.8) is 0 Å². The Labute approximate surface area is 148 Å². The lowest BCUT2D eigenvalue weighted by Crippen LogP contribution is -2.46. The summed E-state index contributed by atoms with van der Waals surface area (Å²) < 4.78 is 2.03. The van der Waals surface area contributed by atoms with Crippen LogP contribution in [0.1, 0.15) is 37.8 Å². The summed E-state index contributed by atoms with van der Waals surface area (Å²) in [6.07, 6.45) is 7.27. The van der Waals surface area contributed by atoms with Gasteiger partial charge in [0.1, 0.15) is 0 Å². The van der Waals surface area contributed by atoms with E-state index in [0.29, 0.717) is 11.9 Å². The number of hydrogen-bond acceptors (Lipinski definition) is 3. The van der Waals surface area contributed by atoms with Crippen molar-refractivity contribution >= 4 is 37.8 Å². The van der Waals surface area contributed by atoms with Crippen molar-refractivity contribution in [3.05, 3.63) is 26.9 Å². The number of pyridine rings is 1. The van der Waals surface area contributed by atoms with Crippen molar-refractivity contribution in [2.24, 2.45) is 0 Å². The molecule has 0 aliphatic carbocycles. The van der Waals surface area contributed by atoms with Crippen LogP contribution in [0.4, 0.5) is 0 Å². The molecule has 6 heteroatoms. The average Bonchev–Trinajstić information content (AvgIpc) is 2.89. The lowest BCUT2D eigenvalue weighted by Gasteiger charge is -2.37. The molecule has 0 aromatic carbocycles. The molecular weight excluding hydrogens is 410 g/mol. The van der Waals surface area contributed by atoms with E-state index in [-0.39, 0.29) is 0 Å². The molecule has 1 aromatic rings. The van der Waals surface area contributed by atoms with Gasteiger partial charge in [0.25, 0.3) is 0 Å². The molecule has 2 aliphatic rings. The fraction of sp³-hybridized carbons (Fsp3) is 0.625. The van der Waals surface area contributed by atoms with Crippen molar-refractivity contribution in [1.29, 1.82) is 0 Å². The average molecular weight is 431 g/mol. The summed E-state index contributed by atoms with van der Waals surface area (Å²) in [5, 5.41) is 0. The Bertz CT molecular complexity index is 552. The van der Waals surface area contributed by atoms with Gasteiger partial charge in [-0.05, 0) is 63.7 Å². The van der Waals surface area contributed by atoms with Crippen molar-refractivity contribution in [2.45, 2.75) is 44.7 Å². The molecule has 0 bridgehead atoms. The number of nitrogens with zero attached hydrogens (tertiary/aromatic N) is 3. The molecule has 3 rings (SSSR count). The number of amides is 1. The molecule has 0 spiro atoms. The number of aromatic nitrogens is 1. The van der Waals surface area contributed by atoms with E-state index < -0.39 is 0 Å². The van der Waals surface area contributed by atoms with E-state index >= 15 is 0 Å². The SMILES string of the molecule is O=C1CCCN1C[C@H]1CCCCN1Cc1ncc(Br)cc1Br. The molecule has 1 atom stereocenters. The van der Waals surface area contributed by atoms with Gasteiger partial charge in [-0.25, -0.2) is 0 Å². The first kappa shape index (κ1) is 16.4. The molecule has 0 N–H and O–H groups in total. The van der Waals surface area contributed by atoms with Gasteiger partial charge < -0.3 is 4.90 Å². The molecule has 1 aromatic heterocycles. The van der Waals surface area contributed by atoms with Crippen molar-refractivity contribution in [2.75, 3.05) is 19.6 Å². The third-order valence-corrected chi connectivity index (χ3v) is 5.71. The second-order valence-electron chi connectivity index (χ2n) is 6.15. The van der Waals surface area contributed by atoms with Crippen molar-refractivity contribution in [3.8, 4) is 0 Å². The maximum absolute atomic E-state index is 11.9. The van der Waals surface area contributed by atoms with E-state index in [1.165, 1.54) is 19.3 Å². The van der Waals surface area contributed by atoms with Crippen molar-refractivity contribution < 1.29 is 4.79 Å². The van der Waals surface area contributed by atoms with E-state index in [9.17, 15) is 4.79 Å². The molecule has 120 valence electrons. The fourth-order valence-corrected chi connectivity index (χ4v) is 4.49. The molecule has 2 aliphatic heterocycles. The summed E-state index contributed by atoms with van der Waals surface area (Å²) in [5.41, 5.74) is 1.07. The Morgan fingerprint density at radius 3 is 2.82 bits per heavy atom. The zero-order valence-corrected chi connectivity index (χ0v) is 15.8. The Kier molecular flexibility index (Phi) is 5.52. The number of carbonyl (C=O) groups excluding carboxylic acids is 1. The molecule has 0 saturated carbocycles. The number of piperidine rings is 1. The minimum absolute atomic E-state index is 0.327. The Morgan fingerprint density at radius 2 is 2.09 bits per heavy atom. The Morgan fingerprint density at radius 1 is 1.23 bits per heavy atom. The van der Waals surface area contributed by atoms with Crippen LogP contribution in [-0.4, -0.2) is 46.4 Å². The number of likely N-dealkylation sites (tertiary alicyclic amines) is 2.